The Morgan fingerprint density at radius 2 is 1.93 bits per heavy atom. The van der Waals surface area contributed by atoms with Gasteiger partial charge in [0.05, 0.1) is 6.61 Å². The predicted octanol–water partition coefficient (Wildman–Crippen LogP) is 5.43. The second-order valence-corrected chi connectivity index (χ2v) is 11.6. The largest absolute Gasteiger partial charge is 0.456 e. The van der Waals surface area contributed by atoms with E-state index in [2.05, 4.69) is 73.6 Å². The first-order chi connectivity index (χ1) is 20.6. The van der Waals surface area contributed by atoms with E-state index in [0.717, 1.165) is 72.9 Å². The van der Waals surface area contributed by atoms with Gasteiger partial charge < -0.3 is 24.7 Å². The molecule has 2 aromatic heterocycles. The number of H-pyrrole nitrogens is 1. The quantitative estimate of drug-likeness (QED) is 0.285. The molecule has 5 heterocycles. The molecule has 0 aliphatic carbocycles. The van der Waals surface area contributed by atoms with E-state index in [9.17, 15) is 4.79 Å². The van der Waals surface area contributed by atoms with Crippen molar-refractivity contribution in [2.24, 2.45) is 0 Å². The van der Waals surface area contributed by atoms with Gasteiger partial charge in [0.1, 0.15) is 23.3 Å². The molecule has 7 rings (SSSR count). The first kappa shape index (κ1) is 26.7. The summed E-state index contributed by atoms with van der Waals surface area (Å²) in [6.45, 7) is 6.98. The number of ether oxygens (including phenoxy) is 2. The van der Waals surface area contributed by atoms with E-state index in [-0.39, 0.29) is 11.7 Å². The molecule has 0 bridgehead atoms. The topological polar surface area (TPSA) is 82.7 Å². The smallest absolute Gasteiger partial charge is 0.271 e. The van der Waals surface area contributed by atoms with Gasteiger partial charge in [-0.1, -0.05) is 24.3 Å². The highest BCUT2D eigenvalue weighted by molar-refractivity contribution is 5.59. The van der Waals surface area contributed by atoms with Crippen molar-refractivity contribution in [3.8, 4) is 11.5 Å². The van der Waals surface area contributed by atoms with Crippen LogP contribution in [0.3, 0.4) is 0 Å². The zero-order chi connectivity index (χ0) is 28.5. The summed E-state index contributed by atoms with van der Waals surface area (Å²) >= 11 is 0. The first-order valence-corrected chi connectivity index (χ1v) is 15.0. The van der Waals surface area contributed by atoms with Crippen molar-refractivity contribution in [1.29, 1.82) is 0 Å². The second-order valence-electron chi connectivity index (χ2n) is 11.6. The number of morpholine rings is 1. The number of pyridine rings is 2. The number of nitrogens with zero attached hydrogens (tertiary/aromatic N) is 3. The Balaban J connectivity index is 1.00. The van der Waals surface area contributed by atoms with Crippen LogP contribution in [0.5, 0.6) is 11.5 Å². The lowest BCUT2D eigenvalue weighted by atomic mass is 9.95. The Bertz CT molecular complexity index is 1610. The highest BCUT2D eigenvalue weighted by Crippen LogP contribution is 2.43. The van der Waals surface area contributed by atoms with E-state index in [1.54, 1.807) is 6.20 Å². The van der Waals surface area contributed by atoms with Crippen LogP contribution in [0, 0.1) is 6.92 Å². The zero-order valence-corrected chi connectivity index (χ0v) is 24.0. The molecule has 3 aliphatic rings. The van der Waals surface area contributed by atoms with Crippen LogP contribution in [0.25, 0.3) is 0 Å². The van der Waals surface area contributed by atoms with E-state index in [0.29, 0.717) is 31.4 Å². The van der Waals surface area contributed by atoms with Gasteiger partial charge in [0.25, 0.3) is 5.56 Å². The fraction of sp³-hybridized carbons (Fsp3) is 0.353. The van der Waals surface area contributed by atoms with Crippen molar-refractivity contribution < 1.29 is 9.47 Å². The molecule has 8 nitrogen and oxygen atoms in total. The van der Waals surface area contributed by atoms with Gasteiger partial charge in [-0.2, -0.15) is 0 Å². The fourth-order valence-electron chi connectivity index (χ4n) is 6.38. The number of nitrogens with one attached hydrogen (secondary N) is 2. The van der Waals surface area contributed by atoms with Gasteiger partial charge in [-0.05, 0) is 67.3 Å². The van der Waals surface area contributed by atoms with E-state index >= 15 is 0 Å². The third kappa shape index (κ3) is 5.65. The molecule has 0 spiro atoms. The maximum absolute atomic E-state index is 12.4. The summed E-state index contributed by atoms with van der Waals surface area (Å²) in [5.41, 5.74) is 7.48. The molecule has 2 N–H and O–H groups in total. The number of aromatic nitrogens is 2. The summed E-state index contributed by atoms with van der Waals surface area (Å²) in [5, 5.41) is 3.79. The van der Waals surface area contributed by atoms with Crippen molar-refractivity contribution in [1.82, 2.24) is 14.9 Å². The number of hydrogen-bond acceptors (Lipinski definition) is 7. The molecule has 0 amide bonds. The Morgan fingerprint density at radius 1 is 1.02 bits per heavy atom. The van der Waals surface area contributed by atoms with Crippen LogP contribution >= 0.6 is 0 Å². The molecule has 3 aliphatic heterocycles. The van der Waals surface area contributed by atoms with Crippen LogP contribution in [-0.4, -0.2) is 53.7 Å². The van der Waals surface area contributed by atoms with Crippen molar-refractivity contribution in [3.63, 3.8) is 0 Å². The Kier molecular flexibility index (Phi) is 7.40. The van der Waals surface area contributed by atoms with Crippen LogP contribution < -0.4 is 20.5 Å². The molecule has 216 valence electrons. The SMILES string of the molecule is Cc1ccc(CN2CCC(Nc3ccc4c(c3)Cc3cccc(C5CN(c6ccc[nH]c6=O)CCO5)c3O4)CC2)cn1. The lowest BCUT2D eigenvalue weighted by Gasteiger charge is -2.35. The summed E-state index contributed by atoms with van der Waals surface area (Å²) in [4.78, 5) is 24.3. The maximum atomic E-state index is 12.4. The number of piperidine rings is 1. The number of aromatic amines is 1. The van der Waals surface area contributed by atoms with Gasteiger partial charge in [-0.25, -0.2) is 0 Å². The zero-order valence-electron chi connectivity index (χ0n) is 24.0. The van der Waals surface area contributed by atoms with E-state index < -0.39 is 0 Å². The molecule has 1 unspecified atom stereocenters. The third-order valence-corrected chi connectivity index (χ3v) is 8.67. The van der Waals surface area contributed by atoms with Crippen LogP contribution in [0.15, 0.2) is 77.9 Å². The minimum atomic E-state index is -0.177. The summed E-state index contributed by atoms with van der Waals surface area (Å²) in [6, 6.07) is 21.3. The third-order valence-electron chi connectivity index (χ3n) is 8.67. The van der Waals surface area contributed by atoms with Gasteiger partial charge in [0.15, 0.2) is 0 Å². The molecule has 0 saturated carbocycles. The normalized spacial score (nSPS) is 19.1. The number of aryl methyl sites for hydroxylation is 1. The predicted molar refractivity (Wildman–Crippen MR) is 165 cm³/mol. The fourth-order valence-corrected chi connectivity index (χ4v) is 6.38. The maximum Gasteiger partial charge on any atom is 0.271 e. The van der Waals surface area contributed by atoms with Crippen LogP contribution in [0.1, 0.15) is 46.9 Å². The van der Waals surface area contributed by atoms with Crippen LogP contribution in [-0.2, 0) is 17.7 Å². The average molecular weight is 564 g/mol. The minimum absolute atomic E-state index is 0.0758. The van der Waals surface area contributed by atoms with E-state index in [1.807, 2.05) is 25.3 Å². The number of anilines is 2. The standard InChI is InChI=1S/C34H37N5O3/c1-23-7-8-24(20-36-23)21-38-14-11-27(12-15-38)37-28-9-10-31-26(19-28)18-25-4-2-5-29(33(25)42-31)32-22-39(16-17-41-32)30-6-3-13-35-34(30)40/h2-10,13,19-20,27,32,37H,11-12,14-18,21-22H2,1H3,(H,35,40). The van der Waals surface area contributed by atoms with E-state index in [4.69, 9.17) is 9.47 Å². The molecule has 8 heteroatoms. The number of likely N-dealkylation sites (tertiary alicyclic amines) is 1. The summed E-state index contributed by atoms with van der Waals surface area (Å²) in [5.74, 6) is 1.78. The van der Waals surface area contributed by atoms with Gasteiger partial charge in [0, 0.05) is 80.1 Å². The van der Waals surface area contributed by atoms with Crippen molar-refractivity contribution >= 4 is 11.4 Å². The highest BCUT2D eigenvalue weighted by atomic mass is 16.5. The van der Waals surface area contributed by atoms with Crippen molar-refractivity contribution in [2.75, 3.05) is 43.0 Å². The van der Waals surface area contributed by atoms with Crippen LogP contribution in [0.2, 0.25) is 0 Å². The summed E-state index contributed by atoms with van der Waals surface area (Å²) in [7, 11) is 0. The highest BCUT2D eigenvalue weighted by Gasteiger charge is 2.29. The Labute approximate surface area is 246 Å². The average Bonchev–Trinajstić information content (AvgIpc) is 3.02. The molecule has 2 fully saturated rings. The first-order valence-electron chi connectivity index (χ1n) is 15.0. The van der Waals surface area contributed by atoms with Gasteiger partial charge in [0.2, 0.25) is 0 Å². The van der Waals surface area contributed by atoms with Crippen molar-refractivity contribution in [2.45, 2.75) is 44.9 Å². The monoisotopic (exact) mass is 563 g/mol. The van der Waals surface area contributed by atoms with E-state index in [1.165, 1.54) is 11.1 Å². The Hall–Kier alpha value is -4.14. The summed E-state index contributed by atoms with van der Waals surface area (Å²) < 4.78 is 12.8. The molecule has 42 heavy (non-hydrogen) atoms. The second kappa shape index (κ2) is 11.6. The van der Waals surface area contributed by atoms with Crippen molar-refractivity contribution in [3.05, 3.63) is 111 Å². The van der Waals surface area contributed by atoms with Crippen LogP contribution in [0.4, 0.5) is 11.4 Å². The molecule has 1 atom stereocenters. The number of rotatable bonds is 6. The summed E-state index contributed by atoms with van der Waals surface area (Å²) in [6.07, 6.45) is 6.53. The minimum Gasteiger partial charge on any atom is -0.456 e. The molecule has 2 aromatic carbocycles. The van der Waals surface area contributed by atoms with Gasteiger partial charge in [-0.15, -0.1) is 0 Å². The number of benzene rings is 2. The number of para-hydroxylation sites is 1. The lowest BCUT2D eigenvalue weighted by molar-refractivity contribution is 0.0383. The van der Waals surface area contributed by atoms with Gasteiger partial charge >= 0.3 is 0 Å². The lowest BCUT2D eigenvalue weighted by Crippen LogP contribution is -2.41. The number of fused-ring (bicyclic) bond motifs is 2. The molecule has 0 radical (unpaired) electrons. The molecular weight excluding hydrogens is 526 g/mol. The number of hydrogen-bond donors (Lipinski definition) is 2. The molecular formula is C34H37N5O3. The van der Waals surface area contributed by atoms with Gasteiger partial charge in [-0.3, -0.25) is 14.7 Å². The molecule has 2 saturated heterocycles. The molecule has 4 aromatic rings. The Morgan fingerprint density at radius 3 is 2.76 bits per heavy atom.